The number of carbonyl (C=O) groups is 1. The first-order chi connectivity index (χ1) is 16.9. The van der Waals surface area contributed by atoms with Gasteiger partial charge in [-0.15, -0.1) is 11.3 Å². The first-order valence-corrected chi connectivity index (χ1v) is 12.6. The molecule has 1 aliphatic carbocycles. The molecule has 1 aliphatic rings. The van der Waals surface area contributed by atoms with E-state index in [0.29, 0.717) is 42.6 Å². The van der Waals surface area contributed by atoms with Gasteiger partial charge in [0, 0.05) is 33.1 Å². The Hall–Kier alpha value is -3.10. The summed E-state index contributed by atoms with van der Waals surface area (Å²) in [6.07, 6.45) is 3.76. The molecule has 1 amide bonds. The molecule has 1 saturated carbocycles. The molecule has 0 spiro atoms. The van der Waals surface area contributed by atoms with Gasteiger partial charge in [0.25, 0.3) is 11.5 Å². The highest BCUT2D eigenvalue weighted by molar-refractivity contribution is 7.21. The Morgan fingerprint density at radius 3 is 2.57 bits per heavy atom. The van der Waals surface area contributed by atoms with E-state index in [-0.39, 0.29) is 29.9 Å². The quantitative estimate of drug-likeness (QED) is 0.335. The zero-order chi connectivity index (χ0) is 24.7. The molecule has 9 heteroatoms. The summed E-state index contributed by atoms with van der Waals surface area (Å²) in [5.41, 5.74) is 0.808. The number of fused-ring (bicyclic) bond motifs is 2. The second kappa shape index (κ2) is 9.51. The summed E-state index contributed by atoms with van der Waals surface area (Å²) in [6.45, 7) is 0.141. The Morgan fingerprint density at radius 1 is 1.14 bits per heavy atom. The van der Waals surface area contributed by atoms with Gasteiger partial charge in [0.2, 0.25) is 0 Å². The lowest BCUT2D eigenvalue weighted by Crippen LogP contribution is -2.39. The van der Waals surface area contributed by atoms with Crippen molar-refractivity contribution >= 4 is 49.8 Å². The molecule has 0 atom stereocenters. The first-order valence-electron chi connectivity index (χ1n) is 11.4. The molecule has 182 valence electrons. The van der Waals surface area contributed by atoms with Crippen molar-refractivity contribution in [3.63, 3.8) is 0 Å². The van der Waals surface area contributed by atoms with Crippen LogP contribution in [0, 0.1) is 5.82 Å². The smallest absolute Gasteiger partial charge is 0.266 e. The van der Waals surface area contributed by atoms with E-state index in [9.17, 15) is 14.0 Å². The summed E-state index contributed by atoms with van der Waals surface area (Å²) in [4.78, 5) is 31.8. The minimum Gasteiger partial charge on any atom is -0.493 e. The zero-order valence-electron chi connectivity index (χ0n) is 19.3. The number of hydrogen-bond donors (Lipinski definition) is 1. The van der Waals surface area contributed by atoms with Crippen molar-refractivity contribution in [2.24, 2.45) is 0 Å². The monoisotopic (exact) mass is 514 g/mol. The number of aromatic nitrogens is 1. The van der Waals surface area contributed by atoms with Gasteiger partial charge in [-0.3, -0.25) is 9.59 Å². The highest BCUT2D eigenvalue weighted by Crippen LogP contribution is 2.38. The third kappa shape index (κ3) is 4.36. The maximum atomic E-state index is 13.8. The second-order valence-electron chi connectivity index (χ2n) is 8.68. The van der Waals surface area contributed by atoms with Gasteiger partial charge in [0.1, 0.15) is 10.7 Å². The highest BCUT2D eigenvalue weighted by Gasteiger charge is 2.31. The van der Waals surface area contributed by atoms with Crippen molar-refractivity contribution < 1.29 is 18.7 Å². The molecule has 6 nitrogen and oxygen atoms in total. The minimum atomic E-state index is -0.378. The van der Waals surface area contributed by atoms with Crippen LogP contribution < -0.4 is 15.0 Å². The first kappa shape index (κ1) is 23.6. The number of methoxy groups -OCH3 is 2. The van der Waals surface area contributed by atoms with Crippen molar-refractivity contribution in [2.75, 3.05) is 14.2 Å². The number of nitrogens with zero attached hydrogens (tertiary/aromatic N) is 1. The number of benzene rings is 2. The van der Waals surface area contributed by atoms with Crippen molar-refractivity contribution in [1.82, 2.24) is 9.88 Å². The van der Waals surface area contributed by atoms with Crippen LogP contribution in [0.1, 0.15) is 40.9 Å². The number of amides is 1. The largest absolute Gasteiger partial charge is 0.493 e. The Balaban J connectivity index is 1.55. The van der Waals surface area contributed by atoms with E-state index < -0.39 is 0 Å². The lowest BCUT2D eigenvalue weighted by atomic mass is 10.1. The predicted octanol–water partition coefficient (Wildman–Crippen LogP) is 6.14. The normalized spacial score (nSPS) is 14.1. The lowest BCUT2D eigenvalue weighted by molar-refractivity contribution is 0.0669. The highest BCUT2D eigenvalue weighted by atomic mass is 35.5. The van der Waals surface area contributed by atoms with Crippen LogP contribution in [0.2, 0.25) is 5.02 Å². The number of aromatic amines is 1. The number of halogens is 2. The summed E-state index contributed by atoms with van der Waals surface area (Å²) < 4.78 is 25.1. The molecule has 2 aromatic carbocycles. The molecule has 0 bridgehead atoms. The van der Waals surface area contributed by atoms with Crippen molar-refractivity contribution in [2.45, 2.75) is 38.3 Å². The maximum absolute atomic E-state index is 13.8. The summed E-state index contributed by atoms with van der Waals surface area (Å²) in [5.74, 6) is 0.445. The van der Waals surface area contributed by atoms with Gasteiger partial charge in [-0.05, 0) is 43.2 Å². The maximum Gasteiger partial charge on any atom is 0.266 e. The van der Waals surface area contributed by atoms with Gasteiger partial charge >= 0.3 is 0 Å². The minimum absolute atomic E-state index is 0.000940. The van der Waals surface area contributed by atoms with E-state index in [1.807, 2.05) is 0 Å². The molecule has 2 aromatic heterocycles. The van der Waals surface area contributed by atoms with Crippen molar-refractivity contribution in [3.8, 4) is 11.5 Å². The van der Waals surface area contributed by atoms with Crippen LogP contribution >= 0.6 is 22.9 Å². The van der Waals surface area contributed by atoms with E-state index >= 15 is 0 Å². The summed E-state index contributed by atoms with van der Waals surface area (Å²) in [7, 11) is 3.09. The summed E-state index contributed by atoms with van der Waals surface area (Å²) in [6, 6.07) is 9.62. The van der Waals surface area contributed by atoms with Crippen LogP contribution in [-0.4, -0.2) is 36.1 Å². The standard InChI is InChI=1S/C26H24ClFN2O4S/c1-33-20-10-14-9-15(25(31)29-19(14)12-21(20)34-2)13-30(17-5-3-4-6-17)26(32)24-23(27)18-8-7-16(28)11-22(18)35-24/h7-12,17H,3-6,13H2,1-2H3,(H,29,31). The number of pyridine rings is 1. The Bertz CT molecular complexity index is 1490. The van der Waals surface area contributed by atoms with Crippen molar-refractivity contribution in [1.29, 1.82) is 0 Å². The Kier molecular flexibility index (Phi) is 6.42. The SMILES string of the molecule is COc1cc2cc(CN(C(=O)c3sc4cc(F)ccc4c3Cl)C3CCCC3)c(=O)[nH]c2cc1OC. The summed E-state index contributed by atoms with van der Waals surface area (Å²) >= 11 is 7.76. The van der Waals surface area contributed by atoms with Crippen LogP contribution in [-0.2, 0) is 6.54 Å². The number of ether oxygens (including phenoxy) is 2. The third-order valence-electron chi connectivity index (χ3n) is 6.58. The van der Waals surface area contributed by atoms with Gasteiger partial charge in [0.15, 0.2) is 11.5 Å². The van der Waals surface area contributed by atoms with Gasteiger partial charge in [-0.2, -0.15) is 0 Å². The van der Waals surface area contributed by atoms with E-state index in [0.717, 1.165) is 31.1 Å². The molecule has 0 radical (unpaired) electrons. The van der Waals surface area contributed by atoms with E-state index in [4.69, 9.17) is 21.1 Å². The second-order valence-corrected chi connectivity index (χ2v) is 10.1. The molecule has 0 unspecified atom stereocenters. The van der Waals surface area contributed by atoms with Crippen LogP contribution in [0.25, 0.3) is 21.0 Å². The number of hydrogen-bond acceptors (Lipinski definition) is 5. The predicted molar refractivity (Wildman–Crippen MR) is 137 cm³/mol. The van der Waals surface area contributed by atoms with Gasteiger partial charge in [-0.25, -0.2) is 4.39 Å². The fraction of sp³-hybridized carbons (Fsp3) is 0.308. The van der Waals surface area contributed by atoms with Crippen molar-refractivity contribution in [3.05, 3.63) is 68.0 Å². The Morgan fingerprint density at radius 2 is 1.86 bits per heavy atom. The number of nitrogens with one attached hydrogen (secondary N) is 1. The molecule has 1 fully saturated rings. The van der Waals surface area contributed by atoms with Crippen LogP contribution in [0.15, 0.2) is 41.2 Å². The zero-order valence-corrected chi connectivity index (χ0v) is 20.9. The average molecular weight is 515 g/mol. The third-order valence-corrected chi connectivity index (χ3v) is 8.22. The number of rotatable bonds is 6. The molecule has 0 saturated heterocycles. The molecule has 2 heterocycles. The molecule has 4 aromatic rings. The van der Waals surface area contributed by atoms with E-state index in [2.05, 4.69) is 4.98 Å². The average Bonchev–Trinajstić information content (AvgIpc) is 3.49. The van der Waals surface area contributed by atoms with Crippen LogP contribution in [0.3, 0.4) is 0 Å². The number of H-pyrrole nitrogens is 1. The van der Waals surface area contributed by atoms with Gasteiger partial charge in [-0.1, -0.05) is 24.4 Å². The van der Waals surface area contributed by atoms with Crippen LogP contribution in [0.5, 0.6) is 11.5 Å². The molecular formula is C26H24ClFN2O4S. The van der Waals surface area contributed by atoms with E-state index in [1.54, 1.807) is 36.3 Å². The van der Waals surface area contributed by atoms with E-state index in [1.165, 1.54) is 30.6 Å². The van der Waals surface area contributed by atoms with Crippen LogP contribution in [0.4, 0.5) is 4.39 Å². The lowest BCUT2D eigenvalue weighted by Gasteiger charge is -2.28. The van der Waals surface area contributed by atoms with Gasteiger partial charge < -0.3 is 19.4 Å². The molecule has 35 heavy (non-hydrogen) atoms. The molecular weight excluding hydrogens is 491 g/mol. The Labute approximate surface area is 210 Å². The fourth-order valence-electron chi connectivity index (χ4n) is 4.77. The molecule has 0 aliphatic heterocycles. The molecule has 5 rings (SSSR count). The topological polar surface area (TPSA) is 71.6 Å². The number of thiophene rings is 1. The summed E-state index contributed by atoms with van der Waals surface area (Å²) in [5, 5.41) is 1.74. The molecule has 1 N–H and O–H groups in total. The fourth-order valence-corrected chi connectivity index (χ4v) is 6.26. The van der Waals surface area contributed by atoms with Gasteiger partial charge in [0.05, 0.1) is 31.3 Å². The number of carbonyl (C=O) groups excluding carboxylic acids is 1.